The number of carbonyl (C=O) groups excluding carboxylic acids is 1. The minimum absolute atomic E-state index is 0.0764. The van der Waals surface area contributed by atoms with E-state index in [1.807, 2.05) is 13.1 Å². The topological polar surface area (TPSA) is 75.7 Å². The maximum Gasteiger partial charge on any atom is 0.343 e. The first-order valence-electron chi connectivity index (χ1n) is 9.85. The van der Waals surface area contributed by atoms with Crippen LogP contribution in [0, 0.1) is 0 Å². The van der Waals surface area contributed by atoms with Crippen LogP contribution in [-0.2, 0) is 11.2 Å². The summed E-state index contributed by atoms with van der Waals surface area (Å²) in [4.78, 5) is 15.0. The Labute approximate surface area is 184 Å². The van der Waals surface area contributed by atoms with Crippen molar-refractivity contribution in [2.45, 2.75) is 18.6 Å². The highest BCUT2D eigenvalue weighted by molar-refractivity contribution is 6.33. The number of carbonyl (C=O) groups is 1. The molecule has 9 heteroatoms. The molecule has 2 aromatic rings. The molecule has 0 aliphatic carbocycles. The van der Waals surface area contributed by atoms with Crippen molar-refractivity contribution < 1.29 is 33.2 Å². The smallest absolute Gasteiger partial charge is 0.343 e. The maximum absolute atomic E-state index is 12.9. The van der Waals surface area contributed by atoms with Gasteiger partial charge in [0.2, 0.25) is 12.5 Å². The number of likely N-dealkylation sites (N-methyl/N-ethyl adjacent to an activating group) is 1. The molecule has 0 spiro atoms. The first-order chi connectivity index (χ1) is 15.0. The summed E-state index contributed by atoms with van der Waals surface area (Å²) in [5.74, 6) is 1.90. The number of rotatable bonds is 4. The van der Waals surface area contributed by atoms with Gasteiger partial charge in [0.05, 0.1) is 32.4 Å². The van der Waals surface area contributed by atoms with E-state index in [0.717, 1.165) is 23.2 Å². The molecule has 0 N–H and O–H groups in total. The van der Waals surface area contributed by atoms with Crippen LogP contribution >= 0.6 is 11.6 Å². The molecule has 3 aliphatic heterocycles. The van der Waals surface area contributed by atoms with Crippen molar-refractivity contribution >= 4 is 17.6 Å². The van der Waals surface area contributed by atoms with Crippen LogP contribution in [0.15, 0.2) is 12.1 Å². The zero-order valence-electron chi connectivity index (χ0n) is 17.6. The molecule has 2 atom stereocenters. The van der Waals surface area contributed by atoms with Crippen molar-refractivity contribution in [3.63, 3.8) is 0 Å². The molecule has 3 heterocycles. The minimum atomic E-state index is -0.586. The van der Waals surface area contributed by atoms with Crippen LogP contribution < -0.4 is 23.7 Å². The van der Waals surface area contributed by atoms with Gasteiger partial charge in [-0.05, 0) is 25.1 Å². The molecule has 164 valence electrons. The number of cyclic esters (lactones) is 1. The highest BCUT2D eigenvalue weighted by Gasteiger charge is 2.47. The predicted molar refractivity (Wildman–Crippen MR) is 111 cm³/mol. The van der Waals surface area contributed by atoms with Crippen LogP contribution in [0.5, 0.6) is 28.7 Å². The normalized spacial score (nSPS) is 21.4. The maximum atomic E-state index is 12.9. The van der Waals surface area contributed by atoms with Crippen molar-refractivity contribution in [1.29, 1.82) is 0 Å². The SMILES string of the molecule is COc1ccc2c(c1OC)C(=O)O[C@@H]2[C@H]1c2c(c(Cl)c3c(c2OC)OCO3)CCN1C. The molecular weight excluding hydrogens is 426 g/mol. The van der Waals surface area contributed by atoms with Gasteiger partial charge in [-0.2, -0.15) is 0 Å². The van der Waals surface area contributed by atoms with E-state index in [4.69, 9.17) is 40.0 Å². The van der Waals surface area contributed by atoms with Gasteiger partial charge in [0.1, 0.15) is 11.7 Å². The van der Waals surface area contributed by atoms with E-state index in [9.17, 15) is 4.79 Å². The second kappa shape index (κ2) is 7.39. The average Bonchev–Trinajstić information content (AvgIpc) is 3.39. The summed E-state index contributed by atoms with van der Waals surface area (Å²) >= 11 is 6.71. The third-order valence-electron chi connectivity index (χ3n) is 6.15. The van der Waals surface area contributed by atoms with Gasteiger partial charge in [-0.15, -0.1) is 0 Å². The van der Waals surface area contributed by atoms with Gasteiger partial charge in [-0.1, -0.05) is 17.7 Å². The Morgan fingerprint density at radius 2 is 1.81 bits per heavy atom. The fraction of sp³-hybridized carbons (Fsp3) is 0.409. The quantitative estimate of drug-likeness (QED) is 0.659. The molecule has 5 rings (SSSR count). The number of benzene rings is 2. The lowest BCUT2D eigenvalue weighted by Gasteiger charge is -2.38. The second-order valence-corrected chi connectivity index (χ2v) is 7.95. The Morgan fingerprint density at radius 1 is 1.06 bits per heavy atom. The molecule has 31 heavy (non-hydrogen) atoms. The molecule has 0 saturated heterocycles. The first kappa shape index (κ1) is 20.1. The van der Waals surface area contributed by atoms with Gasteiger partial charge in [0, 0.05) is 17.7 Å². The Kier molecular flexibility index (Phi) is 4.79. The zero-order valence-corrected chi connectivity index (χ0v) is 18.4. The molecule has 0 amide bonds. The highest BCUT2D eigenvalue weighted by atomic mass is 35.5. The zero-order chi connectivity index (χ0) is 21.9. The lowest BCUT2D eigenvalue weighted by Crippen LogP contribution is -2.36. The molecule has 3 aliphatic rings. The highest BCUT2D eigenvalue weighted by Crippen LogP contribution is 2.57. The van der Waals surface area contributed by atoms with Gasteiger partial charge in [-0.3, -0.25) is 4.90 Å². The Morgan fingerprint density at radius 3 is 2.52 bits per heavy atom. The summed E-state index contributed by atoms with van der Waals surface area (Å²) in [7, 11) is 6.60. The van der Waals surface area contributed by atoms with Crippen LogP contribution in [0.2, 0.25) is 5.02 Å². The molecular formula is C22H22ClNO7. The van der Waals surface area contributed by atoms with Crippen molar-refractivity contribution in [3.05, 3.63) is 39.4 Å². The van der Waals surface area contributed by atoms with Crippen molar-refractivity contribution in [2.24, 2.45) is 0 Å². The number of esters is 1. The van der Waals surface area contributed by atoms with E-state index in [-0.39, 0.29) is 12.8 Å². The van der Waals surface area contributed by atoms with Gasteiger partial charge in [-0.25, -0.2) is 4.79 Å². The summed E-state index contributed by atoms with van der Waals surface area (Å²) in [6, 6.07) is 3.28. The number of methoxy groups -OCH3 is 3. The van der Waals surface area contributed by atoms with Gasteiger partial charge < -0.3 is 28.4 Å². The van der Waals surface area contributed by atoms with Crippen molar-refractivity contribution in [3.8, 4) is 28.7 Å². The van der Waals surface area contributed by atoms with Crippen molar-refractivity contribution in [2.75, 3.05) is 41.7 Å². The largest absolute Gasteiger partial charge is 0.493 e. The molecule has 8 nitrogen and oxygen atoms in total. The van der Waals surface area contributed by atoms with Crippen LogP contribution in [0.25, 0.3) is 0 Å². The first-order valence-corrected chi connectivity index (χ1v) is 10.2. The van der Waals surface area contributed by atoms with E-state index < -0.39 is 12.1 Å². The summed E-state index contributed by atoms with van der Waals surface area (Å²) < 4.78 is 33.8. The molecule has 0 unspecified atom stereocenters. The van der Waals surface area contributed by atoms with Crippen LogP contribution in [0.3, 0.4) is 0 Å². The fourth-order valence-electron chi connectivity index (χ4n) is 4.78. The van der Waals surface area contributed by atoms with Gasteiger partial charge in [0.15, 0.2) is 23.0 Å². The lowest BCUT2D eigenvalue weighted by molar-refractivity contribution is 0.00875. The number of halogens is 1. The Hall–Kier alpha value is -2.84. The van der Waals surface area contributed by atoms with E-state index in [0.29, 0.717) is 45.8 Å². The van der Waals surface area contributed by atoms with Crippen LogP contribution in [0.1, 0.15) is 39.2 Å². The summed E-state index contributed by atoms with van der Waals surface area (Å²) in [5, 5.41) is 0.512. The molecule has 0 fully saturated rings. The number of fused-ring (bicyclic) bond motifs is 3. The summed E-state index contributed by atoms with van der Waals surface area (Å²) in [6.45, 7) is 0.796. The minimum Gasteiger partial charge on any atom is -0.493 e. The van der Waals surface area contributed by atoms with Gasteiger partial charge >= 0.3 is 5.97 Å². The van der Waals surface area contributed by atoms with E-state index >= 15 is 0 Å². The summed E-state index contributed by atoms with van der Waals surface area (Å²) in [6.07, 6.45) is 0.116. The molecule has 2 aromatic carbocycles. The molecule has 0 bridgehead atoms. The molecule has 0 aromatic heterocycles. The van der Waals surface area contributed by atoms with E-state index in [2.05, 4.69) is 4.90 Å². The van der Waals surface area contributed by atoms with Gasteiger partial charge in [0.25, 0.3) is 0 Å². The standard InChI is InChI=1S/C22H22ClNO7/c1-24-8-7-10-13(19(28-4)21-20(15(10)23)29-9-30-21)16(24)17-11-5-6-12(26-2)18(27-3)14(11)22(25)31-17/h5-6,16-17H,7-9H2,1-4H3/t16-,17+/m1/s1. The predicted octanol–water partition coefficient (Wildman–Crippen LogP) is 3.54. The number of hydrogen-bond donors (Lipinski definition) is 0. The monoisotopic (exact) mass is 447 g/mol. The Bertz CT molecular complexity index is 1090. The number of hydrogen-bond acceptors (Lipinski definition) is 8. The van der Waals surface area contributed by atoms with Crippen molar-refractivity contribution in [1.82, 2.24) is 4.90 Å². The molecule has 0 radical (unpaired) electrons. The number of nitrogens with zero attached hydrogens (tertiary/aromatic N) is 1. The second-order valence-electron chi connectivity index (χ2n) is 7.57. The third kappa shape index (κ3) is 2.74. The average molecular weight is 448 g/mol. The molecule has 0 saturated carbocycles. The third-order valence-corrected chi connectivity index (χ3v) is 6.55. The lowest BCUT2D eigenvalue weighted by atomic mass is 9.85. The number of ether oxygens (including phenoxy) is 6. The van der Waals surface area contributed by atoms with E-state index in [1.54, 1.807) is 13.2 Å². The van der Waals surface area contributed by atoms with Crippen LogP contribution in [-0.4, -0.2) is 52.6 Å². The fourth-order valence-corrected chi connectivity index (χ4v) is 5.11. The van der Waals surface area contributed by atoms with Crippen LogP contribution in [0.4, 0.5) is 0 Å². The summed E-state index contributed by atoms with van der Waals surface area (Å²) in [5.41, 5.74) is 2.85. The Balaban J connectivity index is 1.72. The van der Waals surface area contributed by atoms with E-state index in [1.165, 1.54) is 14.2 Å².